The van der Waals surface area contributed by atoms with Gasteiger partial charge in [-0.2, -0.15) is 0 Å². The highest BCUT2D eigenvalue weighted by atomic mass is 32.2. The highest BCUT2D eigenvalue weighted by molar-refractivity contribution is 7.92. The maximum absolute atomic E-state index is 12.9. The number of aromatic nitrogens is 2. The Morgan fingerprint density at radius 3 is 2.17 bits per heavy atom. The van der Waals surface area contributed by atoms with E-state index in [9.17, 15) is 8.42 Å². The van der Waals surface area contributed by atoms with E-state index in [4.69, 9.17) is 14.5 Å². The lowest BCUT2D eigenvalue weighted by atomic mass is 10.2. The van der Waals surface area contributed by atoms with Crippen LogP contribution in [0.15, 0.2) is 47.4 Å². The molecule has 2 aliphatic heterocycles. The second-order valence-electron chi connectivity index (χ2n) is 6.99. The third-order valence-corrected chi connectivity index (χ3v) is 6.35. The van der Waals surface area contributed by atoms with Crippen molar-refractivity contribution in [2.24, 2.45) is 0 Å². The van der Waals surface area contributed by atoms with Gasteiger partial charge in [-0.15, -0.1) is 0 Å². The molecule has 8 nitrogen and oxygen atoms in total. The van der Waals surface area contributed by atoms with Crippen LogP contribution in [0.4, 0.5) is 11.6 Å². The number of nitrogens with zero attached hydrogens (tertiary/aromatic N) is 3. The topological polar surface area (TPSA) is 93.7 Å². The fourth-order valence-corrected chi connectivity index (χ4v) is 4.61. The van der Waals surface area contributed by atoms with Gasteiger partial charge in [0.2, 0.25) is 0 Å². The van der Waals surface area contributed by atoms with E-state index in [-0.39, 0.29) is 10.7 Å². The molecule has 0 amide bonds. The van der Waals surface area contributed by atoms with Gasteiger partial charge in [-0.3, -0.25) is 4.72 Å². The molecule has 150 valence electrons. The minimum atomic E-state index is -3.79. The molecule has 3 heterocycles. The van der Waals surface area contributed by atoms with E-state index >= 15 is 0 Å². The standard InChI is InChI=1S/C20H20N4O4S/c25-29(26,14-6-2-1-3-7-14)23-19-20(24-8-4-5-9-24)22-16-13-18-17(12-15(16)21-19)27-10-11-28-18/h1-3,6-7,12-13H,4-5,8-11H2,(H,21,23). The summed E-state index contributed by atoms with van der Waals surface area (Å²) < 4.78 is 39.7. The Bertz CT molecular complexity index is 1160. The fourth-order valence-electron chi connectivity index (χ4n) is 3.59. The number of ether oxygens (including phenoxy) is 2. The van der Waals surface area contributed by atoms with Crippen molar-refractivity contribution in [1.29, 1.82) is 0 Å². The normalized spacial score (nSPS) is 16.2. The van der Waals surface area contributed by atoms with Crippen LogP contribution in [0.3, 0.4) is 0 Å². The van der Waals surface area contributed by atoms with Crippen molar-refractivity contribution in [3.63, 3.8) is 0 Å². The molecule has 0 radical (unpaired) electrons. The van der Waals surface area contributed by atoms with Crippen molar-refractivity contribution in [2.75, 3.05) is 35.9 Å². The number of hydrogen-bond acceptors (Lipinski definition) is 7. The lowest BCUT2D eigenvalue weighted by Crippen LogP contribution is -2.23. The summed E-state index contributed by atoms with van der Waals surface area (Å²) in [5, 5.41) is 0. The number of fused-ring (bicyclic) bond motifs is 2. The van der Waals surface area contributed by atoms with Crippen molar-refractivity contribution in [3.05, 3.63) is 42.5 Å². The molecular weight excluding hydrogens is 392 g/mol. The second-order valence-corrected chi connectivity index (χ2v) is 8.68. The van der Waals surface area contributed by atoms with E-state index in [2.05, 4.69) is 14.6 Å². The molecule has 2 aliphatic rings. The predicted octanol–water partition coefficient (Wildman–Crippen LogP) is 2.80. The number of nitrogens with one attached hydrogen (secondary N) is 1. The highest BCUT2D eigenvalue weighted by Crippen LogP contribution is 2.36. The van der Waals surface area contributed by atoms with Crippen molar-refractivity contribution in [1.82, 2.24) is 9.97 Å². The van der Waals surface area contributed by atoms with E-state index in [1.165, 1.54) is 0 Å². The average molecular weight is 412 g/mol. The minimum Gasteiger partial charge on any atom is -0.486 e. The molecular formula is C20H20N4O4S. The maximum Gasteiger partial charge on any atom is 0.263 e. The van der Waals surface area contributed by atoms with Crippen LogP contribution in [0.25, 0.3) is 11.0 Å². The molecule has 5 rings (SSSR count). The molecule has 0 unspecified atom stereocenters. The molecule has 0 spiro atoms. The lowest BCUT2D eigenvalue weighted by molar-refractivity contribution is 0.172. The molecule has 1 saturated heterocycles. The highest BCUT2D eigenvalue weighted by Gasteiger charge is 2.24. The van der Waals surface area contributed by atoms with Gasteiger partial charge < -0.3 is 14.4 Å². The molecule has 29 heavy (non-hydrogen) atoms. The van der Waals surface area contributed by atoms with Crippen LogP contribution in [0.2, 0.25) is 0 Å². The third kappa shape index (κ3) is 3.42. The van der Waals surface area contributed by atoms with Crippen molar-refractivity contribution in [2.45, 2.75) is 17.7 Å². The van der Waals surface area contributed by atoms with Crippen molar-refractivity contribution >= 4 is 32.7 Å². The minimum absolute atomic E-state index is 0.177. The van der Waals surface area contributed by atoms with Crippen LogP contribution >= 0.6 is 0 Å². The summed E-state index contributed by atoms with van der Waals surface area (Å²) in [5.74, 6) is 1.97. The lowest BCUT2D eigenvalue weighted by Gasteiger charge is -2.22. The van der Waals surface area contributed by atoms with Crippen molar-refractivity contribution < 1.29 is 17.9 Å². The van der Waals surface area contributed by atoms with Crippen LogP contribution in [0.5, 0.6) is 11.5 Å². The number of anilines is 2. The van der Waals surface area contributed by atoms with E-state index < -0.39 is 10.0 Å². The van der Waals surface area contributed by atoms with Gasteiger partial charge in [-0.05, 0) is 25.0 Å². The Morgan fingerprint density at radius 2 is 1.52 bits per heavy atom. The molecule has 1 fully saturated rings. The molecule has 0 saturated carbocycles. The number of benzene rings is 2. The van der Waals surface area contributed by atoms with Crippen LogP contribution < -0.4 is 19.1 Å². The zero-order chi connectivity index (χ0) is 19.8. The SMILES string of the molecule is O=S(=O)(Nc1nc2cc3c(cc2nc1N1CCCC1)OCCO3)c1ccccc1. The largest absolute Gasteiger partial charge is 0.486 e. The summed E-state index contributed by atoms with van der Waals surface area (Å²) in [5.41, 5.74) is 1.18. The predicted molar refractivity (Wildman–Crippen MR) is 109 cm³/mol. The number of hydrogen-bond donors (Lipinski definition) is 1. The molecule has 2 aromatic carbocycles. The first-order valence-corrected chi connectivity index (χ1v) is 11.0. The summed E-state index contributed by atoms with van der Waals surface area (Å²) in [6, 6.07) is 11.8. The Morgan fingerprint density at radius 1 is 0.897 bits per heavy atom. The molecule has 9 heteroatoms. The van der Waals surface area contributed by atoms with Gasteiger partial charge in [-0.1, -0.05) is 18.2 Å². The Balaban J connectivity index is 1.62. The molecule has 0 bridgehead atoms. The van der Waals surface area contributed by atoms with Gasteiger partial charge >= 0.3 is 0 Å². The van der Waals surface area contributed by atoms with Crippen LogP contribution in [-0.2, 0) is 10.0 Å². The summed E-state index contributed by atoms with van der Waals surface area (Å²) in [6.07, 6.45) is 2.07. The van der Waals surface area contributed by atoms with Gasteiger partial charge in [0.15, 0.2) is 23.1 Å². The van der Waals surface area contributed by atoms with Gasteiger partial charge in [0.05, 0.1) is 15.9 Å². The van der Waals surface area contributed by atoms with Gasteiger partial charge in [0, 0.05) is 25.2 Å². The van der Waals surface area contributed by atoms with Gasteiger partial charge in [-0.25, -0.2) is 18.4 Å². The Hall–Kier alpha value is -3.07. The zero-order valence-corrected chi connectivity index (χ0v) is 16.5. The molecule has 3 aromatic rings. The summed E-state index contributed by atoms with van der Waals surface area (Å²) >= 11 is 0. The summed E-state index contributed by atoms with van der Waals surface area (Å²) in [7, 11) is -3.79. The summed E-state index contributed by atoms with van der Waals surface area (Å²) in [4.78, 5) is 11.6. The molecule has 0 aliphatic carbocycles. The van der Waals surface area contributed by atoms with Crippen LogP contribution in [0, 0.1) is 0 Å². The Labute approximate surface area is 168 Å². The second kappa shape index (κ2) is 7.07. The molecule has 0 atom stereocenters. The van der Waals surface area contributed by atoms with Gasteiger partial charge in [0.25, 0.3) is 10.0 Å². The van der Waals surface area contributed by atoms with E-state index in [0.717, 1.165) is 25.9 Å². The van der Waals surface area contributed by atoms with Crippen molar-refractivity contribution in [3.8, 4) is 11.5 Å². The van der Waals surface area contributed by atoms with E-state index in [1.54, 1.807) is 42.5 Å². The van der Waals surface area contributed by atoms with E-state index in [1.807, 2.05) is 0 Å². The van der Waals surface area contributed by atoms with E-state index in [0.29, 0.717) is 41.6 Å². The maximum atomic E-state index is 12.9. The first-order chi connectivity index (χ1) is 14.1. The number of rotatable bonds is 4. The zero-order valence-electron chi connectivity index (χ0n) is 15.7. The summed E-state index contributed by atoms with van der Waals surface area (Å²) in [6.45, 7) is 2.57. The first-order valence-electron chi connectivity index (χ1n) is 9.54. The quantitative estimate of drug-likeness (QED) is 0.704. The third-order valence-electron chi connectivity index (χ3n) is 5.00. The molecule has 1 N–H and O–H groups in total. The van der Waals surface area contributed by atoms with Gasteiger partial charge in [0.1, 0.15) is 13.2 Å². The number of sulfonamides is 1. The smallest absolute Gasteiger partial charge is 0.263 e. The Kier molecular flexibility index (Phi) is 4.39. The van der Waals surface area contributed by atoms with Crippen LogP contribution in [0.1, 0.15) is 12.8 Å². The first kappa shape index (κ1) is 18.0. The average Bonchev–Trinajstić information content (AvgIpc) is 3.27. The molecule has 1 aromatic heterocycles. The monoisotopic (exact) mass is 412 g/mol. The van der Waals surface area contributed by atoms with Crippen LogP contribution in [-0.4, -0.2) is 44.7 Å². The fraction of sp³-hybridized carbons (Fsp3) is 0.300.